The Labute approximate surface area is 206 Å². The van der Waals surface area contributed by atoms with E-state index in [1.807, 2.05) is 12.1 Å². The van der Waals surface area contributed by atoms with Crippen LogP contribution in [0.15, 0.2) is 30.6 Å². The second kappa shape index (κ2) is 10.6. The molecule has 3 N–H and O–H groups in total. The number of benzene rings is 1. The molecule has 186 valence electrons. The number of carbonyl (C=O) groups excluding carboxylic acids is 2. The molecule has 3 aliphatic rings. The lowest BCUT2D eigenvalue weighted by Gasteiger charge is -2.30. The number of fused-ring (bicyclic) bond motifs is 1. The average molecular weight is 478 g/mol. The topological polar surface area (TPSA) is 110 Å². The molecule has 5 rings (SSSR count). The molecule has 8 heteroatoms. The quantitative estimate of drug-likeness (QED) is 0.667. The Morgan fingerprint density at radius 1 is 1.03 bits per heavy atom. The predicted octanol–water partition coefficient (Wildman–Crippen LogP) is 4.21. The van der Waals surface area contributed by atoms with E-state index in [2.05, 4.69) is 27.4 Å². The molecule has 0 atom stereocenters. The summed E-state index contributed by atoms with van der Waals surface area (Å²) in [5, 5.41) is 3.27. The molecule has 0 bridgehead atoms. The Morgan fingerprint density at radius 2 is 1.77 bits per heavy atom. The van der Waals surface area contributed by atoms with Gasteiger partial charge in [0.1, 0.15) is 24.3 Å². The first-order valence-electron chi connectivity index (χ1n) is 13.0. The number of hydrogen-bond acceptors (Lipinski definition) is 6. The lowest BCUT2D eigenvalue weighted by atomic mass is 9.77. The fourth-order valence-electron chi connectivity index (χ4n) is 5.83. The summed E-state index contributed by atoms with van der Waals surface area (Å²) < 4.78 is 5.63. The van der Waals surface area contributed by atoms with Gasteiger partial charge in [-0.25, -0.2) is 9.97 Å². The number of nitrogens with two attached hydrogens (primary N) is 1. The summed E-state index contributed by atoms with van der Waals surface area (Å²) in [5.41, 5.74) is 8.27. The van der Waals surface area contributed by atoms with Gasteiger partial charge in [-0.05, 0) is 68.1 Å². The zero-order valence-electron chi connectivity index (χ0n) is 20.2. The van der Waals surface area contributed by atoms with Gasteiger partial charge in [0.05, 0.1) is 6.54 Å². The standard InChI is InChI=1S/C27H35N5O3/c28-25-24-26(30-17-29-25)35-15-14-32(27(24)34)22-12-10-20(11-13-22)19-8-6-18(7-9-19)16-23(33)31-21-4-2-1-3-5-21/h10-13,17-19,21H,1-9,14-16H2,(H,31,33)(H2,28,29,30). The van der Waals surface area contributed by atoms with E-state index in [9.17, 15) is 9.59 Å². The van der Waals surface area contributed by atoms with Gasteiger partial charge in [-0.2, -0.15) is 0 Å². The van der Waals surface area contributed by atoms with E-state index in [4.69, 9.17) is 10.5 Å². The van der Waals surface area contributed by atoms with Crippen LogP contribution in [0.1, 0.15) is 86.0 Å². The van der Waals surface area contributed by atoms with E-state index >= 15 is 0 Å². The molecule has 1 aromatic carbocycles. The van der Waals surface area contributed by atoms with Crippen molar-refractivity contribution in [3.8, 4) is 5.88 Å². The second-order valence-corrected chi connectivity index (χ2v) is 10.2. The Morgan fingerprint density at radius 3 is 2.51 bits per heavy atom. The summed E-state index contributed by atoms with van der Waals surface area (Å²) in [4.78, 5) is 35.3. The summed E-state index contributed by atoms with van der Waals surface area (Å²) in [6, 6.07) is 8.65. The molecule has 1 aromatic heterocycles. The van der Waals surface area contributed by atoms with Gasteiger partial charge in [-0.1, -0.05) is 31.4 Å². The molecule has 2 saturated carbocycles. The molecule has 2 aliphatic carbocycles. The highest BCUT2D eigenvalue weighted by Gasteiger charge is 2.29. The molecule has 2 amide bonds. The predicted molar refractivity (Wildman–Crippen MR) is 134 cm³/mol. The highest BCUT2D eigenvalue weighted by atomic mass is 16.5. The number of rotatable bonds is 5. The molecule has 2 aromatic rings. The largest absolute Gasteiger partial charge is 0.475 e. The zero-order chi connectivity index (χ0) is 24.2. The smallest absolute Gasteiger partial charge is 0.267 e. The van der Waals surface area contributed by atoms with Crippen molar-refractivity contribution < 1.29 is 14.3 Å². The van der Waals surface area contributed by atoms with Gasteiger partial charge in [-0.15, -0.1) is 0 Å². The van der Waals surface area contributed by atoms with Gasteiger partial charge >= 0.3 is 0 Å². The lowest BCUT2D eigenvalue weighted by molar-refractivity contribution is -0.123. The van der Waals surface area contributed by atoms with Crippen LogP contribution in [-0.2, 0) is 4.79 Å². The minimum absolute atomic E-state index is 0.132. The molecule has 35 heavy (non-hydrogen) atoms. The third-order valence-corrected chi connectivity index (χ3v) is 7.82. The van der Waals surface area contributed by atoms with Crippen molar-refractivity contribution in [3.63, 3.8) is 0 Å². The van der Waals surface area contributed by atoms with E-state index in [1.54, 1.807) is 4.90 Å². The molecular weight excluding hydrogens is 442 g/mol. The molecule has 8 nitrogen and oxygen atoms in total. The van der Waals surface area contributed by atoms with Crippen molar-refractivity contribution in [1.29, 1.82) is 0 Å². The molecule has 0 unspecified atom stereocenters. The van der Waals surface area contributed by atoms with Crippen LogP contribution in [0.5, 0.6) is 5.88 Å². The molecule has 1 aliphatic heterocycles. The molecule has 0 radical (unpaired) electrons. The maximum atomic E-state index is 13.1. The van der Waals surface area contributed by atoms with Gasteiger partial charge in [0.25, 0.3) is 5.91 Å². The number of aromatic nitrogens is 2. The monoisotopic (exact) mass is 477 g/mol. The molecule has 2 heterocycles. The Kier molecular flexibility index (Phi) is 7.16. The number of ether oxygens (including phenoxy) is 1. The van der Waals surface area contributed by atoms with Gasteiger partial charge < -0.3 is 20.7 Å². The van der Waals surface area contributed by atoms with Crippen LogP contribution >= 0.6 is 0 Å². The van der Waals surface area contributed by atoms with Crippen LogP contribution in [-0.4, -0.2) is 41.0 Å². The van der Waals surface area contributed by atoms with Crippen molar-refractivity contribution in [2.45, 2.75) is 76.2 Å². The second-order valence-electron chi connectivity index (χ2n) is 10.2. The highest BCUT2D eigenvalue weighted by molar-refractivity contribution is 6.10. The number of carbonyl (C=O) groups is 2. The van der Waals surface area contributed by atoms with Crippen molar-refractivity contribution in [1.82, 2.24) is 15.3 Å². The Balaban J connectivity index is 1.16. The van der Waals surface area contributed by atoms with Crippen LogP contribution in [0.2, 0.25) is 0 Å². The van der Waals surface area contributed by atoms with E-state index in [0.717, 1.165) is 44.2 Å². The van der Waals surface area contributed by atoms with E-state index in [1.165, 1.54) is 31.2 Å². The van der Waals surface area contributed by atoms with Gasteiger partial charge in [-0.3, -0.25) is 9.59 Å². The van der Waals surface area contributed by atoms with Crippen molar-refractivity contribution in [2.75, 3.05) is 23.8 Å². The number of anilines is 2. The number of nitrogen functional groups attached to an aromatic ring is 1. The molecule has 2 fully saturated rings. The summed E-state index contributed by atoms with van der Waals surface area (Å²) >= 11 is 0. The van der Waals surface area contributed by atoms with Crippen molar-refractivity contribution in [3.05, 3.63) is 41.7 Å². The van der Waals surface area contributed by atoms with Crippen LogP contribution in [0.25, 0.3) is 0 Å². The maximum Gasteiger partial charge on any atom is 0.267 e. The lowest BCUT2D eigenvalue weighted by Crippen LogP contribution is -2.37. The summed E-state index contributed by atoms with van der Waals surface area (Å²) in [7, 11) is 0. The third-order valence-electron chi connectivity index (χ3n) is 7.82. The van der Waals surface area contributed by atoms with Crippen LogP contribution in [0, 0.1) is 5.92 Å². The van der Waals surface area contributed by atoms with Crippen molar-refractivity contribution in [2.24, 2.45) is 5.92 Å². The Hall–Kier alpha value is -3.16. The zero-order valence-corrected chi connectivity index (χ0v) is 20.2. The van der Waals surface area contributed by atoms with Crippen LogP contribution in [0.3, 0.4) is 0 Å². The SMILES string of the molecule is Nc1ncnc2c1C(=O)N(c1ccc(C3CCC(CC(=O)NC4CCCCC4)CC3)cc1)CCO2. The first-order valence-corrected chi connectivity index (χ1v) is 13.0. The fraction of sp³-hybridized carbons (Fsp3) is 0.556. The number of nitrogens with zero attached hydrogens (tertiary/aromatic N) is 3. The average Bonchev–Trinajstić information content (AvgIpc) is 3.04. The summed E-state index contributed by atoms with van der Waals surface area (Å²) in [6.07, 6.45) is 12.4. The number of nitrogens with one attached hydrogen (secondary N) is 1. The van der Waals surface area contributed by atoms with E-state index in [-0.39, 0.29) is 29.1 Å². The van der Waals surface area contributed by atoms with E-state index < -0.39 is 0 Å². The van der Waals surface area contributed by atoms with Gasteiger partial charge in [0.15, 0.2) is 0 Å². The van der Waals surface area contributed by atoms with Crippen molar-refractivity contribution >= 4 is 23.3 Å². The first-order chi connectivity index (χ1) is 17.1. The summed E-state index contributed by atoms with van der Waals surface area (Å²) in [6.45, 7) is 0.761. The normalized spacial score (nSPS) is 23.2. The number of hydrogen-bond donors (Lipinski definition) is 2. The van der Waals surface area contributed by atoms with Gasteiger partial charge in [0.2, 0.25) is 11.8 Å². The summed E-state index contributed by atoms with van der Waals surface area (Å²) in [5.74, 6) is 1.35. The molecule has 0 spiro atoms. The third kappa shape index (κ3) is 5.41. The van der Waals surface area contributed by atoms with E-state index in [0.29, 0.717) is 37.5 Å². The highest BCUT2D eigenvalue weighted by Crippen LogP contribution is 2.38. The van der Waals surface area contributed by atoms with Gasteiger partial charge in [0, 0.05) is 18.2 Å². The Bertz CT molecular complexity index is 1040. The van der Waals surface area contributed by atoms with Crippen LogP contribution in [0.4, 0.5) is 11.5 Å². The van der Waals surface area contributed by atoms with Crippen LogP contribution < -0.4 is 20.7 Å². The molecular formula is C27H35N5O3. The first kappa shape index (κ1) is 23.6. The minimum Gasteiger partial charge on any atom is -0.475 e. The number of amides is 2. The fourth-order valence-corrected chi connectivity index (χ4v) is 5.83. The maximum absolute atomic E-state index is 13.1. The minimum atomic E-state index is -0.240. The molecule has 0 saturated heterocycles.